The van der Waals surface area contributed by atoms with Gasteiger partial charge in [-0.15, -0.1) is 0 Å². The molecule has 1 aromatic heterocycles. The van der Waals surface area contributed by atoms with Gasteiger partial charge in [-0.3, -0.25) is 4.98 Å². The van der Waals surface area contributed by atoms with Gasteiger partial charge >= 0.3 is 0 Å². The van der Waals surface area contributed by atoms with Crippen molar-refractivity contribution in [1.82, 2.24) is 4.98 Å². The number of rotatable bonds is 4. The largest absolute Gasteiger partial charge is 0.385 e. The molecule has 2 atom stereocenters. The van der Waals surface area contributed by atoms with Gasteiger partial charge in [-0.05, 0) is 18.6 Å². The van der Waals surface area contributed by atoms with Crippen molar-refractivity contribution in [3.05, 3.63) is 30.1 Å². The van der Waals surface area contributed by atoms with Crippen molar-refractivity contribution in [3.63, 3.8) is 0 Å². The van der Waals surface area contributed by atoms with E-state index in [1.807, 2.05) is 13.0 Å². The third kappa shape index (κ3) is 2.54. The van der Waals surface area contributed by atoms with Gasteiger partial charge in [0.2, 0.25) is 0 Å². The minimum absolute atomic E-state index is 0.352. The second-order valence-electron chi connectivity index (χ2n) is 3.22. The Kier molecular flexibility index (Phi) is 4.09. The molecule has 0 bridgehead atoms. The second kappa shape index (κ2) is 5.36. The van der Waals surface area contributed by atoms with E-state index in [9.17, 15) is 5.11 Å². The molecule has 1 heterocycles. The lowest BCUT2D eigenvalue weighted by molar-refractivity contribution is 0.125. The molecule has 0 aliphatic carbocycles. The number of nitrogens with zero attached hydrogens (tertiary/aromatic N) is 2. The third-order valence-corrected chi connectivity index (χ3v) is 2.14. The lowest BCUT2D eigenvalue weighted by atomic mass is 9.96. The topological polar surface area (TPSA) is 56.9 Å². The Labute approximate surface area is 84.0 Å². The minimum Gasteiger partial charge on any atom is -0.385 e. The molecule has 0 aromatic carbocycles. The fourth-order valence-corrected chi connectivity index (χ4v) is 1.36. The molecule has 2 unspecified atom stereocenters. The number of hydrogen-bond donors (Lipinski definition) is 1. The molecular weight excluding hydrogens is 176 g/mol. The van der Waals surface area contributed by atoms with E-state index in [0.717, 1.165) is 6.42 Å². The average Bonchev–Trinajstić information content (AvgIpc) is 2.26. The zero-order valence-electron chi connectivity index (χ0n) is 8.22. The maximum absolute atomic E-state index is 9.83. The van der Waals surface area contributed by atoms with Crippen molar-refractivity contribution < 1.29 is 5.11 Å². The Morgan fingerprint density at radius 1 is 1.57 bits per heavy atom. The molecule has 1 aromatic rings. The first-order chi connectivity index (χ1) is 6.79. The van der Waals surface area contributed by atoms with Crippen molar-refractivity contribution in [1.29, 1.82) is 5.26 Å². The van der Waals surface area contributed by atoms with Crippen LogP contribution < -0.4 is 0 Å². The zero-order valence-corrected chi connectivity index (χ0v) is 8.22. The zero-order chi connectivity index (χ0) is 10.4. The Hall–Kier alpha value is -1.40. The van der Waals surface area contributed by atoms with E-state index in [1.165, 1.54) is 0 Å². The van der Waals surface area contributed by atoms with Crippen LogP contribution in [-0.4, -0.2) is 10.1 Å². The minimum atomic E-state index is -0.763. The average molecular weight is 190 g/mol. The van der Waals surface area contributed by atoms with Gasteiger partial charge in [-0.2, -0.15) is 5.26 Å². The first-order valence-electron chi connectivity index (χ1n) is 4.78. The molecule has 0 spiro atoms. The standard InChI is InChI=1S/C11H14N2O/c1-2-5-9(8-12)11(14)10-6-3-4-7-13-10/h3-4,6-7,9,11,14H,2,5H2,1H3. The van der Waals surface area contributed by atoms with Crippen LogP contribution in [0.1, 0.15) is 31.6 Å². The van der Waals surface area contributed by atoms with Crippen molar-refractivity contribution in [2.24, 2.45) is 5.92 Å². The van der Waals surface area contributed by atoms with E-state index < -0.39 is 6.10 Å². The Morgan fingerprint density at radius 3 is 2.86 bits per heavy atom. The van der Waals surface area contributed by atoms with Gasteiger partial charge in [-0.1, -0.05) is 19.4 Å². The van der Waals surface area contributed by atoms with Gasteiger partial charge in [0.25, 0.3) is 0 Å². The molecule has 3 nitrogen and oxygen atoms in total. The SMILES string of the molecule is CCCC(C#N)C(O)c1ccccn1. The van der Waals surface area contributed by atoms with E-state index in [-0.39, 0.29) is 5.92 Å². The fraction of sp³-hybridized carbons (Fsp3) is 0.455. The monoisotopic (exact) mass is 190 g/mol. The van der Waals surface area contributed by atoms with Crippen LogP contribution >= 0.6 is 0 Å². The molecule has 0 aliphatic rings. The number of aliphatic hydroxyl groups excluding tert-OH is 1. The van der Waals surface area contributed by atoms with Gasteiger partial charge in [-0.25, -0.2) is 0 Å². The molecule has 3 heteroatoms. The fourth-order valence-electron chi connectivity index (χ4n) is 1.36. The lowest BCUT2D eigenvalue weighted by Crippen LogP contribution is -2.11. The number of hydrogen-bond acceptors (Lipinski definition) is 3. The number of aromatic nitrogens is 1. The van der Waals surface area contributed by atoms with Gasteiger partial charge in [0.1, 0.15) is 6.10 Å². The number of nitriles is 1. The molecule has 74 valence electrons. The first kappa shape index (κ1) is 10.7. The van der Waals surface area contributed by atoms with Gasteiger partial charge < -0.3 is 5.11 Å². The van der Waals surface area contributed by atoms with Crippen LogP contribution in [0, 0.1) is 17.2 Å². The van der Waals surface area contributed by atoms with Crippen molar-refractivity contribution >= 4 is 0 Å². The molecule has 0 saturated heterocycles. The van der Waals surface area contributed by atoms with Crippen LogP contribution in [0.25, 0.3) is 0 Å². The molecule has 0 radical (unpaired) electrons. The van der Waals surface area contributed by atoms with Gasteiger partial charge in [0.15, 0.2) is 0 Å². The van der Waals surface area contributed by atoms with Crippen LogP contribution in [0.5, 0.6) is 0 Å². The summed E-state index contributed by atoms with van der Waals surface area (Å²) in [6, 6.07) is 7.45. The van der Waals surface area contributed by atoms with Crippen LogP contribution in [0.3, 0.4) is 0 Å². The van der Waals surface area contributed by atoms with Gasteiger partial charge in [0, 0.05) is 6.20 Å². The highest BCUT2D eigenvalue weighted by Gasteiger charge is 2.20. The second-order valence-corrected chi connectivity index (χ2v) is 3.22. The summed E-state index contributed by atoms with van der Waals surface area (Å²) in [5.74, 6) is -0.352. The van der Waals surface area contributed by atoms with Crippen LogP contribution in [-0.2, 0) is 0 Å². The predicted octanol–water partition coefficient (Wildman–Crippen LogP) is 2.05. The highest BCUT2D eigenvalue weighted by molar-refractivity contribution is 5.10. The van der Waals surface area contributed by atoms with Crippen molar-refractivity contribution in [2.75, 3.05) is 0 Å². The van der Waals surface area contributed by atoms with E-state index in [4.69, 9.17) is 5.26 Å². The normalized spacial score (nSPS) is 14.4. The lowest BCUT2D eigenvalue weighted by Gasteiger charge is -2.14. The molecule has 0 fully saturated rings. The van der Waals surface area contributed by atoms with Gasteiger partial charge in [0.05, 0.1) is 17.7 Å². The summed E-state index contributed by atoms with van der Waals surface area (Å²) >= 11 is 0. The summed E-state index contributed by atoms with van der Waals surface area (Å²) in [5.41, 5.74) is 0.576. The maximum Gasteiger partial charge on any atom is 0.112 e. The number of aliphatic hydroxyl groups is 1. The summed E-state index contributed by atoms with van der Waals surface area (Å²) in [6.45, 7) is 2.00. The predicted molar refractivity (Wildman–Crippen MR) is 53.2 cm³/mol. The van der Waals surface area contributed by atoms with Crippen LogP contribution in [0.4, 0.5) is 0 Å². The molecular formula is C11H14N2O. The van der Waals surface area contributed by atoms with E-state index in [0.29, 0.717) is 12.1 Å². The highest BCUT2D eigenvalue weighted by Crippen LogP contribution is 2.23. The van der Waals surface area contributed by atoms with Crippen molar-refractivity contribution in [3.8, 4) is 6.07 Å². The molecule has 0 aliphatic heterocycles. The first-order valence-corrected chi connectivity index (χ1v) is 4.78. The molecule has 14 heavy (non-hydrogen) atoms. The quantitative estimate of drug-likeness (QED) is 0.790. The summed E-state index contributed by atoms with van der Waals surface area (Å²) in [4.78, 5) is 4.03. The van der Waals surface area contributed by atoms with Crippen LogP contribution in [0.2, 0.25) is 0 Å². The molecule has 1 rings (SSSR count). The van der Waals surface area contributed by atoms with E-state index in [1.54, 1.807) is 18.3 Å². The maximum atomic E-state index is 9.83. The smallest absolute Gasteiger partial charge is 0.112 e. The Balaban J connectivity index is 2.74. The molecule has 0 amide bonds. The van der Waals surface area contributed by atoms with E-state index in [2.05, 4.69) is 11.1 Å². The Morgan fingerprint density at radius 2 is 2.36 bits per heavy atom. The third-order valence-electron chi connectivity index (χ3n) is 2.14. The Bertz CT molecular complexity index is 305. The molecule has 0 saturated carbocycles. The summed E-state index contributed by atoms with van der Waals surface area (Å²) in [5, 5.41) is 18.7. The molecule has 1 N–H and O–H groups in total. The van der Waals surface area contributed by atoms with Crippen LogP contribution in [0.15, 0.2) is 24.4 Å². The van der Waals surface area contributed by atoms with E-state index >= 15 is 0 Å². The summed E-state index contributed by atoms with van der Waals surface area (Å²) in [6.07, 6.45) is 2.45. The number of pyridine rings is 1. The summed E-state index contributed by atoms with van der Waals surface area (Å²) in [7, 11) is 0. The highest BCUT2D eigenvalue weighted by atomic mass is 16.3. The van der Waals surface area contributed by atoms with Crippen molar-refractivity contribution in [2.45, 2.75) is 25.9 Å². The summed E-state index contributed by atoms with van der Waals surface area (Å²) < 4.78 is 0.